The average Bonchev–Trinajstić information content (AvgIpc) is 2.28. The van der Waals surface area contributed by atoms with Crippen molar-refractivity contribution in [3.8, 4) is 0 Å². The zero-order valence-corrected chi connectivity index (χ0v) is 8.64. The molecular weight excluding hydrogens is 188 g/mol. The monoisotopic (exact) mass is 202 g/mol. The van der Waals surface area contributed by atoms with Gasteiger partial charge in [0.05, 0.1) is 6.10 Å². The summed E-state index contributed by atoms with van der Waals surface area (Å²) in [5.41, 5.74) is 0.948. The van der Waals surface area contributed by atoms with Gasteiger partial charge in [0.1, 0.15) is 0 Å². The number of nitrogens with zero attached hydrogens (tertiary/aromatic N) is 1. The van der Waals surface area contributed by atoms with Crippen molar-refractivity contribution in [3.63, 3.8) is 0 Å². The highest BCUT2D eigenvalue weighted by Crippen LogP contribution is 2.22. The quantitative estimate of drug-likeness (QED) is 0.792. The molecule has 0 amide bonds. The van der Waals surface area contributed by atoms with Crippen LogP contribution in [0.5, 0.6) is 0 Å². The number of hydrogen-bond donors (Lipinski definition) is 2. The van der Waals surface area contributed by atoms with E-state index in [1.807, 2.05) is 37.5 Å². The van der Waals surface area contributed by atoms with Crippen LogP contribution in [0.3, 0.4) is 0 Å². The fourth-order valence-electron chi connectivity index (χ4n) is 1.74. The third-order valence-electron chi connectivity index (χ3n) is 2.47. The van der Waals surface area contributed by atoms with E-state index >= 15 is 0 Å². The summed E-state index contributed by atoms with van der Waals surface area (Å²) in [6, 6.07) is 7.82. The molecule has 1 atom stereocenters. The van der Waals surface area contributed by atoms with E-state index in [2.05, 4.69) is 10.3 Å². The first-order valence-electron chi connectivity index (χ1n) is 4.98. The summed E-state index contributed by atoms with van der Waals surface area (Å²) in [6.45, 7) is 0.557. The maximum atomic E-state index is 9.94. The van der Waals surface area contributed by atoms with Crippen LogP contribution in [0.2, 0.25) is 0 Å². The van der Waals surface area contributed by atoms with E-state index in [0.29, 0.717) is 6.54 Å². The topological polar surface area (TPSA) is 45.1 Å². The van der Waals surface area contributed by atoms with Crippen LogP contribution in [0, 0.1) is 0 Å². The van der Waals surface area contributed by atoms with Crippen molar-refractivity contribution in [2.45, 2.75) is 6.10 Å². The predicted octanol–water partition coefficient (Wildman–Crippen LogP) is 1.49. The summed E-state index contributed by atoms with van der Waals surface area (Å²) in [4.78, 5) is 4.06. The van der Waals surface area contributed by atoms with Crippen LogP contribution in [-0.4, -0.2) is 23.7 Å². The van der Waals surface area contributed by atoms with Gasteiger partial charge in [-0.1, -0.05) is 18.2 Å². The van der Waals surface area contributed by atoms with Gasteiger partial charge in [0.25, 0.3) is 0 Å². The number of rotatable bonds is 3. The second-order valence-electron chi connectivity index (χ2n) is 3.52. The number of nitrogens with one attached hydrogen (secondary N) is 1. The second kappa shape index (κ2) is 4.38. The first-order chi connectivity index (χ1) is 7.33. The number of aliphatic hydroxyl groups excluding tert-OH is 1. The van der Waals surface area contributed by atoms with Gasteiger partial charge in [-0.3, -0.25) is 4.98 Å². The van der Waals surface area contributed by atoms with E-state index in [0.717, 1.165) is 16.3 Å². The highest BCUT2D eigenvalue weighted by atomic mass is 16.3. The molecule has 0 aliphatic carbocycles. The Morgan fingerprint density at radius 1 is 1.40 bits per heavy atom. The minimum Gasteiger partial charge on any atom is -0.387 e. The van der Waals surface area contributed by atoms with Gasteiger partial charge in [0.2, 0.25) is 0 Å². The van der Waals surface area contributed by atoms with E-state index in [9.17, 15) is 5.11 Å². The molecule has 3 nitrogen and oxygen atoms in total. The summed E-state index contributed by atoms with van der Waals surface area (Å²) in [6.07, 6.45) is 3.09. The number of aromatic nitrogens is 1. The molecule has 0 spiro atoms. The minimum atomic E-state index is -0.471. The van der Waals surface area contributed by atoms with Gasteiger partial charge >= 0.3 is 0 Å². The van der Waals surface area contributed by atoms with Gasteiger partial charge in [-0.15, -0.1) is 0 Å². The number of fused-ring (bicyclic) bond motifs is 1. The zero-order chi connectivity index (χ0) is 10.7. The van der Waals surface area contributed by atoms with Crippen molar-refractivity contribution < 1.29 is 5.11 Å². The van der Waals surface area contributed by atoms with Crippen molar-refractivity contribution in [1.82, 2.24) is 10.3 Å². The SMILES string of the molecule is CNCC(O)c1cccc2cnccc12. The fourth-order valence-corrected chi connectivity index (χ4v) is 1.74. The van der Waals surface area contributed by atoms with E-state index in [1.54, 1.807) is 6.20 Å². The molecule has 3 heteroatoms. The molecule has 15 heavy (non-hydrogen) atoms. The summed E-state index contributed by atoms with van der Waals surface area (Å²) in [7, 11) is 1.83. The lowest BCUT2D eigenvalue weighted by Gasteiger charge is -2.12. The molecule has 1 unspecified atom stereocenters. The summed E-state index contributed by atoms with van der Waals surface area (Å²) >= 11 is 0. The number of likely N-dealkylation sites (N-methyl/N-ethyl adjacent to an activating group) is 1. The molecule has 0 saturated heterocycles. The van der Waals surface area contributed by atoms with Crippen molar-refractivity contribution in [2.75, 3.05) is 13.6 Å². The highest BCUT2D eigenvalue weighted by molar-refractivity contribution is 5.85. The van der Waals surface area contributed by atoms with E-state index in [4.69, 9.17) is 0 Å². The van der Waals surface area contributed by atoms with Gasteiger partial charge in [-0.2, -0.15) is 0 Å². The third-order valence-corrected chi connectivity index (χ3v) is 2.47. The van der Waals surface area contributed by atoms with Gasteiger partial charge in [0, 0.05) is 24.3 Å². The summed E-state index contributed by atoms with van der Waals surface area (Å²) < 4.78 is 0. The van der Waals surface area contributed by atoms with Crippen LogP contribution in [0.1, 0.15) is 11.7 Å². The zero-order valence-electron chi connectivity index (χ0n) is 8.64. The van der Waals surface area contributed by atoms with Crippen LogP contribution in [0.25, 0.3) is 10.8 Å². The first-order valence-corrected chi connectivity index (χ1v) is 4.98. The lowest BCUT2D eigenvalue weighted by atomic mass is 10.0. The number of hydrogen-bond acceptors (Lipinski definition) is 3. The van der Waals surface area contributed by atoms with Crippen molar-refractivity contribution in [1.29, 1.82) is 0 Å². The smallest absolute Gasteiger partial charge is 0.0920 e. The summed E-state index contributed by atoms with van der Waals surface area (Å²) in [5.74, 6) is 0. The molecule has 2 aromatic rings. The van der Waals surface area contributed by atoms with E-state index in [1.165, 1.54) is 0 Å². The van der Waals surface area contributed by atoms with Gasteiger partial charge in [0.15, 0.2) is 0 Å². The standard InChI is InChI=1S/C12H14N2O/c1-13-8-12(15)11-4-2-3-9-7-14-6-5-10(9)11/h2-7,12-13,15H,8H2,1H3. The Labute approximate surface area is 88.8 Å². The van der Waals surface area contributed by atoms with Crippen LogP contribution in [0.15, 0.2) is 36.7 Å². The Morgan fingerprint density at radius 2 is 2.27 bits per heavy atom. The van der Waals surface area contributed by atoms with Crippen molar-refractivity contribution in [2.24, 2.45) is 0 Å². The lowest BCUT2D eigenvalue weighted by molar-refractivity contribution is 0.179. The van der Waals surface area contributed by atoms with Crippen molar-refractivity contribution >= 4 is 10.8 Å². The van der Waals surface area contributed by atoms with Crippen LogP contribution < -0.4 is 5.32 Å². The average molecular weight is 202 g/mol. The molecule has 1 heterocycles. The molecule has 1 aromatic heterocycles. The Balaban J connectivity index is 2.50. The first kappa shape index (κ1) is 10.1. The molecule has 0 radical (unpaired) electrons. The van der Waals surface area contributed by atoms with Gasteiger partial charge < -0.3 is 10.4 Å². The predicted molar refractivity (Wildman–Crippen MR) is 60.6 cm³/mol. The maximum Gasteiger partial charge on any atom is 0.0920 e. The second-order valence-corrected chi connectivity index (χ2v) is 3.52. The molecule has 0 aliphatic rings. The van der Waals surface area contributed by atoms with E-state index in [-0.39, 0.29) is 0 Å². The molecule has 78 valence electrons. The lowest BCUT2D eigenvalue weighted by Crippen LogP contribution is -2.16. The Hall–Kier alpha value is -1.45. The maximum absolute atomic E-state index is 9.94. The molecule has 0 aliphatic heterocycles. The van der Waals surface area contributed by atoms with Crippen LogP contribution in [0.4, 0.5) is 0 Å². The molecule has 0 saturated carbocycles. The van der Waals surface area contributed by atoms with E-state index < -0.39 is 6.10 Å². The molecule has 2 rings (SSSR count). The Bertz CT molecular complexity index is 451. The summed E-state index contributed by atoms with van der Waals surface area (Å²) in [5, 5.41) is 15.0. The molecule has 1 aromatic carbocycles. The Morgan fingerprint density at radius 3 is 3.07 bits per heavy atom. The van der Waals surface area contributed by atoms with Gasteiger partial charge in [-0.05, 0) is 24.1 Å². The number of benzene rings is 1. The largest absolute Gasteiger partial charge is 0.387 e. The van der Waals surface area contributed by atoms with Crippen LogP contribution >= 0.6 is 0 Å². The third kappa shape index (κ3) is 1.98. The fraction of sp³-hybridized carbons (Fsp3) is 0.250. The number of pyridine rings is 1. The molecule has 0 bridgehead atoms. The molecular formula is C12H14N2O. The minimum absolute atomic E-state index is 0.471. The number of aliphatic hydroxyl groups is 1. The normalized spacial score (nSPS) is 12.9. The molecule has 0 fully saturated rings. The van der Waals surface area contributed by atoms with Crippen molar-refractivity contribution in [3.05, 3.63) is 42.2 Å². The van der Waals surface area contributed by atoms with Gasteiger partial charge in [-0.25, -0.2) is 0 Å². The highest BCUT2D eigenvalue weighted by Gasteiger charge is 2.09. The van der Waals surface area contributed by atoms with Crippen LogP contribution in [-0.2, 0) is 0 Å². The molecule has 2 N–H and O–H groups in total. The Kier molecular flexibility index (Phi) is 2.94.